The summed E-state index contributed by atoms with van der Waals surface area (Å²) in [6.07, 6.45) is 1.60. The second kappa shape index (κ2) is 12.8. The zero-order valence-electron chi connectivity index (χ0n) is 23.1. The Bertz CT molecular complexity index is 1180. The standard InChI is InChI=1S/C30H42N4O3/c1-21(2)24-13-14-26-25(18-24)19-27(33-26)28(35)31-15-17-34(6)16-7-8-22-9-11-23(12-10-22)20-32-29(36)37-30(3,4)5/h9-14,18-19,21,33H,7-8,15-17,20H2,1-6H3,(H,31,35)(H,32,36). The van der Waals surface area contributed by atoms with Crippen LogP contribution in [0.5, 0.6) is 0 Å². The number of hydrogen-bond donors (Lipinski definition) is 3. The highest BCUT2D eigenvalue weighted by atomic mass is 16.6. The van der Waals surface area contributed by atoms with E-state index in [9.17, 15) is 9.59 Å². The molecule has 2 amide bonds. The molecule has 1 aromatic heterocycles. The van der Waals surface area contributed by atoms with Gasteiger partial charge in [-0.2, -0.15) is 0 Å². The molecule has 0 radical (unpaired) electrons. The van der Waals surface area contributed by atoms with E-state index in [1.54, 1.807) is 0 Å². The second-order valence-electron chi connectivity index (χ2n) is 11.0. The Morgan fingerprint density at radius 3 is 2.35 bits per heavy atom. The molecule has 37 heavy (non-hydrogen) atoms. The first-order chi connectivity index (χ1) is 17.5. The van der Waals surface area contributed by atoms with Crippen molar-refractivity contribution in [3.8, 4) is 0 Å². The van der Waals surface area contributed by atoms with E-state index in [1.807, 2.05) is 45.0 Å². The largest absolute Gasteiger partial charge is 0.444 e. The van der Waals surface area contributed by atoms with Crippen molar-refractivity contribution in [2.24, 2.45) is 0 Å². The van der Waals surface area contributed by atoms with Gasteiger partial charge in [0.15, 0.2) is 0 Å². The van der Waals surface area contributed by atoms with Gasteiger partial charge in [0.05, 0.1) is 0 Å². The molecule has 0 saturated heterocycles. The molecule has 3 N–H and O–H groups in total. The average molecular weight is 507 g/mol. The normalized spacial score (nSPS) is 11.8. The number of nitrogens with zero attached hydrogens (tertiary/aromatic N) is 1. The third kappa shape index (κ3) is 9.25. The van der Waals surface area contributed by atoms with Crippen molar-refractivity contribution in [3.63, 3.8) is 0 Å². The molecule has 2 aromatic carbocycles. The van der Waals surface area contributed by atoms with E-state index in [0.29, 0.717) is 24.7 Å². The molecule has 0 aliphatic heterocycles. The van der Waals surface area contributed by atoms with Crippen LogP contribution in [0.3, 0.4) is 0 Å². The van der Waals surface area contributed by atoms with E-state index in [2.05, 4.69) is 65.7 Å². The number of likely N-dealkylation sites (N-methyl/N-ethyl adjacent to an activating group) is 1. The van der Waals surface area contributed by atoms with Crippen LogP contribution in [0.2, 0.25) is 0 Å². The van der Waals surface area contributed by atoms with Crippen molar-refractivity contribution in [2.45, 2.75) is 65.5 Å². The van der Waals surface area contributed by atoms with Gasteiger partial charge in [0.1, 0.15) is 11.3 Å². The molecule has 0 unspecified atom stereocenters. The Kier molecular flexibility index (Phi) is 9.75. The second-order valence-corrected chi connectivity index (χ2v) is 11.0. The van der Waals surface area contributed by atoms with Crippen LogP contribution in [0.1, 0.15) is 74.1 Å². The van der Waals surface area contributed by atoms with Crippen LogP contribution < -0.4 is 10.6 Å². The number of nitrogens with one attached hydrogen (secondary N) is 3. The minimum atomic E-state index is -0.498. The SMILES string of the molecule is CC(C)c1ccc2[nH]c(C(=O)NCCN(C)CCCc3ccc(CNC(=O)OC(C)(C)C)cc3)cc2c1. The first-order valence-corrected chi connectivity index (χ1v) is 13.1. The van der Waals surface area contributed by atoms with Crippen molar-refractivity contribution in [2.75, 3.05) is 26.7 Å². The number of aryl methyl sites for hydroxylation is 1. The number of H-pyrrole nitrogens is 1. The molecule has 0 fully saturated rings. The molecule has 0 atom stereocenters. The van der Waals surface area contributed by atoms with Crippen LogP contribution in [-0.2, 0) is 17.7 Å². The van der Waals surface area contributed by atoms with E-state index in [1.165, 1.54) is 11.1 Å². The lowest BCUT2D eigenvalue weighted by molar-refractivity contribution is 0.0523. The molecule has 0 aliphatic rings. The predicted octanol–water partition coefficient (Wildman–Crippen LogP) is 5.61. The lowest BCUT2D eigenvalue weighted by Gasteiger charge is -2.19. The summed E-state index contributed by atoms with van der Waals surface area (Å²) in [4.78, 5) is 29.9. The van der Waals surface area contributed by atoms with Crippen LogP contribution in [0.25, 0.3) is 10.9 Å². The molecule has 3 aromatic rings. The number of aromatic nitrogens is 1. The monoisotopic (exact) mass is 506 g/mol. The Morgan fingerprint density at radius 1 is 0.973 bits per heavy atom. The van der Waals surface area contributed by atoms with E-state index >= 15 is 0 Å². The van der Waals surface area contributed by atoms with Crippen LogP contribution in [0, 0.1) is 0 Å². The van der Waals surface area contributed by atoms with E-state index in [-0.39, 0.29) is 5.91 Å². The molecule has 3 rings (SSSR count). The quantitative estimate of drug-likeness (QED) is 0.315. The summed E-state index contributed by atoms with van der Waals surface area (Å²) < 4.78 is 5.27. The topological polar surface area (TPSA) is 86.5 Å². The number of fused-ring (bicyclic) bond motifs is 1. The summed E-state index contributed by atoms with van der Waals surface area (Å²) in [5, 5.41) is 6.88. The molecule has 0 bridgehead atoms. The maximum absolute atomic E-state index is 12.6. The van der Waals surface area contributed by atoms with Crippen LogP contribution >= 0.6 is 0 Å². The van der Waals surface area contributed by atoms with Crippen LogP contribution in [-0.4, -0.2) is 54.2 Å². The maximum atomic E-state index is 12.6. The van der Waals surface area contributed by atoms with Crippen molar-refractivity contribution in [1.82, 2.24) is 20.5 Å². The highest BCUT2D eigenvalue weighted by Gasteiger charge is 2.15. The van der Waals surface area contributed by atoms with Crippen molar-refractivity contribution >= 4 is 22.9 Å². The smallest absolute Gasteiger partial charge is 0.407 e. The van der Waals surface area contributed by atoms with Gasteiger partial charge in [-0.1, -0.05) is 44.2 Å². The molecule has 200 valence electrons. The number of rotatable bonds is 11. The number of carbonyl (C=O) groups excluding carboxylic acids is 2. The van der Waals surface area contributed by atoms with Gasteiger partial charge in [-0.3, -0.25) is 4.79 Å². The molecular weight excluding hydrogens is 464 g/mol. The van der Waals surface area contributed by atoms with Gasteiger partial charge in [-0.25, -0.2) is 4.79 Å². The lowest BCUT2D eigenvalue weighted by Crippen LogP contribution is -2.33. The highest BCUT2D eigenvalue weighted by Crippen LogP contribution is 2.22. The summed E-state index contributed by atoms with van der Waals surface area (Å²) in [5.41, 5.74) is 4.66. The zero-order chi connectivity index (χ0) is 27.0. The number of carbonyl (C=O) groups is 2. The third-order valence-corrected chi connectivity index (χ3v) is 6.20. The van der Waals surface area contributed by atoms with E-state index in [0.717, 1.165) is 42.4 Å². The molecule has 1 heterocycles. The number of alkyl carbamates (subject to hydrolysis) is 1. The number of ether oxygens (including phenoxy) is 1. The van der Waals surface area contributed by atoms with Crippen molar-refractivity contribution in [3.05, 3.63) is 70.9 Å². The van der Waals surface area contributed by atoms with Gasteiger partial charge in [-0.05, 0) is 88.0 Å². The molecular formula is C30H42N4O3. The minimum Gasteiger partial charge on any atom is -0.444 e. The van der Waals surface area contributed by atoms with Gasteiger partial charge in [0.25, 0.3) is 5.91 Å². The number of amides is 2. The van der Waals surface area contributed by atoms with E-state index in [4.69, 9.17) is 4.74 Å². The molecule has 0 saturated carbocycles. The summed E-state index contributed by atoms with van der Waals surface area (Å²) >= 11 is 0. The number of hydrogen-bond acceptors (Lipinski definition) is 4. The maximum Gasteiger partial charge on any atom is 0.407 e. The highest BCUT2D eigenvalue weighted by molar-refractivity contribution is 5.98. The van der Waals surface area contributed by atoms with Gasteiger partial charge < -0.3 is 25.3 Å². The van der Waals surface area contributed by atoms with Crippen LogP contribution in [0.15, 0.2) is 48.5 Å². The fourth-order valence-electron chi connectivity index (χ4n) is 4.07. The predicted molar refractivity (Wildman–Crippen MR) is 150 cm³/mol. The third-order valence-electron chi connectivity index (χ3n) is 6.20. The lowest BCUT2D eigenvalue weighted by atomic mass is 10.0. The van der Waals surface area contributed by atoms with Crippen molar-refractivity contribution < 1.29 is 14.3 Å². The average Bonchev–Trinajstić information content (AvgIpc) is 3.26. The minimum absolute atomic E-state index is 0.0723. The Morgan fingerprint density at radius 2 is 1.68 bits per heavy atom. The fraction of sp³-hybridized carbons (Fsp3) is 0.467. The number of benzene rings is 2. The van der Waals surface area contributed by atoms with Crippen LogP contribution in [0.4, 0.5) is 4.79 Å². The van der Waals surface area contributed by atoms with Gasteiger partial charge >= 0.3 is 6.09 Å². The Hall–Kier alpha value is -3.32. The fourth-order valence-corrected chi connectivity index (χ4v) is 4.07. The van der Waals surface area contributed by atoms with Gasteiger partial charge in [0.2, 0.25) is 0 Å². The molecule has 0 aliphatic carbocycles. The zero-order valence-corrected chi connectivity index (χ0v) is 23.1. The summed E-state index contributed by atoms with van der Waals surface area (Å²) in [6.45, 7) is 12.7. The molecule has 0 spiro atoms. The van der Waals surface area contributed by atoms with Crippen molar-refractivity contribution in [1.29, 1.82) is 0 Å². The molecule has 7 heteroatoms. The Labute approximate surface area is 221 Å². The van der Waals surface area contributed by atoms with Gasteiger partial charge in [-0.15, -0.1) is 0 Å². The summed E-state index contributed by atoms with van der Waals surface area (Å²) in [7, 11) is 2.08. The Balaban J connectivity index is 1.34. The first kappa shape index (κ1) is 28.3. The summed E-state index contributed by atoms with van der Waals surface area (Å²) in [6, 6.07) is 16.5. The summed E-state index contributed by atoms with van der Waals surface area (Å²) in [5.74, 6) is 0.386. The number of aromatic amines is 1. The van der Waals surface area contributed by atoms with Gasteiger partial charge in [0, 0.05) is 30.5 Å². The molecule has 7 nitrogen and oxygen atoms in total. The first-order valence-electron chi connectivity index (χ1n) is 13.1. The van der Waals surface area contributed by atoms with E-state index < -0.39 is 11.7 Å².